The van der Waals surface area contributed by atoms with Crippen molar-refractivity contribution in [3.63, 3.8) is 0 Å². The van der Waals surface area contributed by atoms with E-state index in [0.29, 0.717) is 6.61 Å². The minimum absolute atomic E-state index is 0.358. The molecule has 0 atom stereocenters. The second-order valence-corrected chi connectivity index (χ2v) is 1.47. The summed E-state index contributed by atoms with van der Waals surface area (Å²) in [5.74, 6) is 0. The summed E-state index contributed by atoms with van der Waals surface area (Å²) >= 11 is 0. The molecule has 1 amide bonds. The number of hydrogen-bond acceptors (Lipinski definition) is 2. The molecule has 0 radical (unpaired) electrons. The summed E-state index contributed by atoms with van der Waals surface area (Å²) in [6, 6.07) is 0. The highest BCUT2D eigenvalue weighted by atomic mass is 16.5. The Bertz CT molecular complexity index is 135. The predicted molar refractivity (Wildman–Crippen MR) is 39.3 cm³/mol. The summed E-state index contributed by atoms with van der Waals surface area (Å²) in [5.41, 5.74) is 0. The summed E-state index contributed by atoms with van der Waals surface area (Å²) in [7, 11) is 0. The van der Waals surface area contributed by atoms with Gasteiger partial charge in [0, 0.05) is 12.4 Å². The SMILES string of the molecule is C=CN(C=C)C(=O)OCC. The molecular weight excluding hydrogens is 130 g/mol. The van der Waals surface area contributed by atoms with Crippen LogP contribution in [-0.2, 0) is 4.74 Å². The maximum Gasteiger partial charge on any atom is 0.417 e. The Labute approximate surface area is 60.6 Å². The molecule has 0 saturated carbocycles. The standard InChI is InChI=1S/C7H11NO2/c1-4-8(5-2)7(9)10-6-3/h4-5H,1-2,6H2,3H3. The van der Waals surface area contributed by atoms with Crippen molar-refractivity contribution >= 4 is 6.09 Å². The van der Waals surface area contributed by atoms with Gasteiger partial charge in [0.1, 0.15) is 0 Å². The van der Waals surface area contributed by atoms with E-state index in [4.69, 9.17) is 0 Å². The number of carbonyl (C=O) groups excluding carboxylic acids is 1. The first kappa shape index (κ1) is 8.75. The van der Waals surface area contributed by atoms with Crippen molar-refractivity contribution in [2.24, 2.45) is 0 Å². The summed E-state index contributed by atoms with van der Waals surface area (Å²) in [4.78, 5) is 11.9. The van der Waals surface area contributed by atoms with Gasteiger partial charge in [-0.05, 0) is 6.92 Å². The number of nitrogens with zero attached hydrogens (tertiary/aromatic N) is 1. The van der Waals surface area contributed by atoms with Crippen LogP contribution in [0.15, 0.2) is 25.6 Å². The van der Waals surface area contributed by atoms with E-state index in [1.54, 1.807) is 6.92 Å². The summed E-state index contributed by atoms with van der Waals surface area (Å²) in [5, 5.41) is 0. The summed E-state index contributed by atoms with van der Waals surface area (Å²) in [6.07, 6.45) is 2.23. The number of rotatable bonds is 3. The Morgan fingerprint density at radius 1 is 1.60 bits per heavy atom. The monoisotopic (exact) mass is 141 g/mol. The highest BCUT2D eigenvalue weighted by Gasteiger charge is 2.04. The summed E-state index contributed by atoms with van der Waals surface area (Å²) < 4.78 is 4.63. The molecule has 0 aromatic rings. The van der Waals surface area contributed by atoms with Crippen LogP contribution in [0.3, 0.4) is 0 Å². The van der Waals surface area contributed by atoms with E-state index in [1.807, 2.05) is 0 Å². The van der Waals surface area contributed by atoms with Gasteiger partial charge < -0.3 is 4.74 Å². The molecule has 0 bridgehead atoms. The third kappa shape index (κ3) is 2.35. The van der Waals surface area contributed by atoms with Gasteiger partial charge in [-0.15, -0.1) is 0 Å². The van der Waals surface area contributed by atoms with E-state index in [9.17, 15) is 4.79 Å². The number of ether oxygens (including phenoxy) is 1. The molecule has 0 N–H and O–H groups in total. The molecule has 0 aliphatic rings. The number of hydrogen-bond donors (Lipinski definition) is 0. The lowest BCUT2D eigenvalue weighted by Crippen LogP contribution is -2.20. The van der Waals surface area contributed by atoms with E-state index in [2.05, 4.69) is 17.9 Å². The molecule has 0 aromatic carbocycles. The average Bonchev–Trinajstić information content (AvgIpc) is 1.91. The molecular formula is C7H11NO2. The van der Waals surface area contributed by atoms with Gasteiger partial charge in [0.2, 0.25) is 0 Å². The number of amides is 1. The second-order valence-electron chi connectivity index (χ2n) is 1.47. The Morgan fingerprint density at radius 3 is 2.40 bits per heavy atom. The Kier molecular flexibility index (Phi) is 4.04. The highest BCUT2D eigenvalue weighted by Crippen LogP contribution is 1.93. The molecule has 0 heterocycles. The van der Waals surface area contributed by atoms with Crippen LogP contribution in [0.1, 0.15) is 6.92 Å². The summed E-state index contributed by atoms with van der Waals surface area (Å²) in [6.45, 7) is 8.87. The Hall–Kier alpha value is -1.25. The maximum absolute atomic E-state index is 10.8. The van der Waals surface area contributed by atoms with Gasteiger partial charge >= 0.3 is 6.09 Å². The van der Waals surface area contributed by atoms with E-state index in [1.165, 1.54) is 17.3 Å². The van der Waals surface area contributed by atoms with Crippen molar-refractivity contribution in [1.29, 1.82) is 0 Å². The zero-order valence-electron chi connectivity index (χ0n) is 6.04. The van der Waals surface area contributed by atoms with E-state index in [-0.39, 0.29) is 0 Å². The molecule has 56 valence electrons. The van der Waals surface area contributed by atoms with Crippen LogP contribution in [0, 0.1) is 0 Å². The molecule has 0 saturated heterocycles. The molecule has 0 aliphatic heterocycles. The van der Waals surface area contributed by atoms with E-state index >= 15 is 0 Å². The van der Waals surface area contributed by atoms with Crippen LogP contribution in [0.4, 0.5) is 4.79 Å². The first-order valence-electron chi connectivity index (χ1n) is 2.96. The topological polar surface area (TPSA) is 29.5 Å². The highest BCUT2D eigenvalue weighted by molar-refractivity contribution is 5.69. The Morgan fingerprint density at radius 2 is 2.10 bits per heavy atom. The normalized spacial score (nSPS) is 8.10. The van der Waals surface area contributed by atoms with Crippen LogP contribution in [-0.4, -0.2) is 17.6 Å². The third-order valence-corrected chi connectivity index (χ3v) is 0.872. The molecule has 10 heavy (non-hydrogen) atoms. The molecule has 0 aliphatic carbocycles. The smallest absolute Gasteiger partial charge is 0.417 e. The first-order valence-corrected chi connectivity index (χ1v) is 2.96. The predicted octanol–water partition coefficient (Wildman–Crippen LogP) is 1.73. The van der Waals surface area contributed by atoms with Crippen LogP contribution in [0.5, 0.6) is 0 Å². The zero-order chi connectivity index (χ0) is 7.98. The second kappa shape index (κ2) is 4.61. The molecule has 0 rings (SSSR count). The first-order chi connectivity index (χ1) is 4.76. The minimum Gasteiger partial charge on any atom is -0.449 e. The van der Waals surface area contributed by atoms with Crippen LogP contribution < -0.4 is 0 Å². The van der Waals surface area contributed by atoms with Crippen molar-refractivity contribution in [2.75, 3.05) is 6.61 Å². The van der Waals surface area contributed by atoms with Gasteiger partial charge in [-0.2, -0.15) is 0 Å². The number of carbonyl (C=O) groups is 1. The average molecular weight is 141 g/mol. The van der Waals surface area contributed by atoms with Gasteiger partial charge in [-0.1, -0.05) is 13.2 Å². The van der Waals surface area contributed by atoms with Crippen LogP contribution in [0.25, 0.3) is 0 Å². The van der Waals surface area contributed by atoms with Gasteiger partial charge in [0.25, 0.3) is 0 Å². The lowest BCUT2D eigenvalue weighted by Gasteiger charge is -2.10. The van der Waals surface area contributed by atoms with E-state index in [0.717, 1.165) is 0 Å². The zero-order valence-corrected chi connectivity index (χ0v) is 6.04. The van der Waals surface area contributed by atoms with Crippen LogP contribution >= 0.6 is 0 Å². The molecule has 0 fully saturated rings. The lowest BCUT2D eigenvalue weighted by atomic mass is 10.7. The fourth-order valence-corrected chi connectivity index (χ4v) is 0.422. The molecule has 3 heteroatoms. The fourth-order valence-electron chi connectivity index (χ4n) is 0.422. The molecule has 0 aromatic heterocycles. The van der Waals surface area contributed by atoms with Gasteiger partial charge in [0.15, 0.2) is 0 Å². The van der Waals surface area contributed by atoms with E-state index < -0.39 is 6.09 Å². The molecule has 0 spiro atoms. The van der Waals surface area contributed by atoms with Crippen molar-refractivity contribution in [2.45, 2.75) is 6.92 Å². The molecule has 3 nitrogen and oxygen atoms in total. The maximum atomic E-state index is 10.8. The van der Waals surface area contributed by atoms with Crippen molar-refractivity contribution < 1.29 is 9.53 Å². The van der Waals surface area contributed by atoms with Gasteiger partial charge in [-0.3, -0.25) is 4.90 Å². The fraction of sp³-hybridized carbons (Fsp3) is 0.286. The van der Waals surface area contributed by atoms with Gasteiger partial charge in [0.05, 0.1) is 6.61 Å². The quantitative estimate of drug-likeness (QED) is 0.599. The van der Waals surface area contributed by atoms with Crippen molar-refractivity contribution in [3.8, 4) is 0 Å². The third-order valence-electron chi connectivity index (χ3n) is 0.872. The van der Waals surface area contributed by atoms with Crippen LogP contribution in [0.2, 0.25) is 0 Å². The minimum atomic E-state index is -0.451. The largest absolute Gasteiger partial charge is 0.449 e. The Balaban J connectivity index is 3.88. The molecule has 0 unspecified atom stereocenters. The van der Waals surface area contributed by atoms with Crippen molar-refractivity contribution in [3.05, 3.63) is 25.6 Å². The van der Waals surface area contributed by atoms with Crippen molar-refractivity contribution in [1.82, 2.24) is 4.90 Å². The lowest BCUT2D eigenvalue weighted by molar-refractivity contribution is 0.133. The van der Waals surface area contributed by atoms with Gasteiger partial charge in [-0.25, -0.2) is 4.79 Å².